The van der Waals surface area contributed by atoms with Gasteiger partial charge in [0, 0.05) is 17.7 Å². The Kier molecular flexibility index (Phi) is 6.38. The van der Waals surface area contributed by atoms with Crippen molar-refractivity contribution in [2.75, 3.05) is 25.1 Å². The monoisotopic (exact) mass is 487 g/mol. The van der Waals surface area contributed by atoms with E-state index in [1.165, 1.54) is 23.8 Å². The molecule has 0 aliphatic carbocycles. The van der Waals surface area contributed by atoms with Gasteiger partial charge in [-0.05, 0) is 5.56 Å². The number of amides is 2. The second-order valence-corrected chi connectivity index (χ2v) is 9.51. The maximum Gasteiger partial charge on any atom is 0.316 e. The summed E-state index contributed by atoms with van der Waals surface area (Å²) in [4.78, 5) is 48.0. The Labute approximate surface area is 197 Å². The zero-order valence-electron chi connectivity index (χ0n) is 17.5. The van der Waals surface area contributed by atoms with Gasteiger partial charge in [-0.2, -0.15) is 0 Å². The highest BCUT2D eigenvalue weighted by molar-refractivity contribution is 8.00. The van der Waals surface area contributed by atoms with Crippen molar-refractivity contribution in [3.63, 3.8) is 0 Å². The molecule has 1 aromatic heterocycles. The van der Waals surface area contributed by atoms with Crippen LogP contribution in [0.4, 0.5) is 5.13 Å². The molecule has 4 rings (SSSR count). The van der Waals surface area contributed by atoms with Crippen LogP contribution in [-0.2, 0) is 19.2 Å². The number of fused-ring (bicyclic) bond motifs is 1. The number of carboxylic acids is 1. The standard InChI is InChI=1S/C21H21N5O5S2/c1-31-25-14(13-9-32-20(22)23-13)16(27)24-15-17(28)26-10-21(19(29)30,11-33-18(15)26)8-7-12-5-3-2-4-6-12/h2-9,15,18H,10-11H2,1H3,(H2,22,23)(H,24,27)(H,29,30)/t15?,18-,21?/m1/s1. The fourth-order valence-corrected chi connectivity index (χ4v) is 5.68. The number of thiazole rings is 1. The smallest absolute Gasteiger partial charge is 0.316 e. The minimum Gasteiger partial charge on any atom is -0.481 e. The fourth-order valence-electron chi connectivity index (χ4n) is 3.62. The molecule has 4 N–H and O–H groups in total. The van der Waals surface area contributed by atoms with Crippen LogP contribution in [0.15, 0.2) is 46.9 Å². The summed E-state index contributed by atoms with van der Waals surface area (Å²) in [5.74, 6) is -1.72. The summed E-state index contributed by atoms with van der Waals surface area (Å²) in [7, 11) is 1.30. The number of rotatable bonds is 7. The number of aliphatic carboxylic acids is 1. The molecule has 0 radical (unpaired) electrons. The number of nitrogens with two attached hydrogens (primary N) is 1. The van der Waals surface area contributed by atoms with E-state index in [0.717, 1.165) is 16.9 Å². The summed E-state index contributed by atoms with van der Waals surface area (Å²) >= 11 is 2.46. The molecule has 0 bridgehead atoms. The van der Waals surface area contributed by atoms with Gasteiger partial charge in [-0.25, -0.2) is 4.98 Å². The van der Waals surface area contributed by atoms with Gasteiger partial charge in [0.05, 0.1) is 0 Å². The normalized spacial score (nSPS) is 24.8. The maximum absolute atomic E-state index is 12.8. The minimum absolute atomic E-state index is 0.0240. The zero-order chi connectivity index (χ0) is 23.6. The first-order chi connectivity index (χ1) is 15.8. The van der Waals surface area contributed by atoms with E-state index in [0.29, 0.717) is 0 Å². The number of nitrogens with zero attached hydrogens (tertiary/aromatic N) is 3. The lowest BCUT2D eigenvalue weighted by atomic mass is 9.86. The number of aromatic nitrogens is 1. The number of carboxylic acid groups (broad SMARTS) is 1. The molecule has 2 aromatic rings. The molecule has 2 unspecified atom stereocenters. The number of hydrogen-bond donors (Lipinski definition) is 3. The Hall–Kier alpha value is -3.38. The van der Waals surface area contributed by atoms with Gasteiger partial charge in [-0.15, -0.1) is 23.1 Å². The molecule has 3 atom stereocenters. The third kappa shape index (κ3) is 4.44. The van der Waals surface area contributed by atoms with Crippen molar-refractivity contribution in [1.82, 2.24) is 15.2 Å². The van der Waals surface area contributed by atoms with E-state index in [1.54, 1.807) is 17.5 Å². The van der Waals surface area contributed by atoms with Crippen molar-refractivity contribution in [1.29, 1.82) is 0 Å². The lowest BCUT2D eigenvalue weighted by Gasteiger charge is -2.53. The predicted octanol–water partition coefficient (Wildman–Crippen LogP) is 1.26. The summed E-state index contributed by atoms with van der Waals surface area (Å²) in [6.45, 7) is 0.0240. The SMILES string of the molecule is CON=C(C(=O)NC1C(=O)N2CC(C=Cc3ccccc3)(C(=O)O)CS[C@H]12)c1csc(N)n1. The Morgan fingerprint density at radius 2 is 2.15 bits per heavy atom. The summed E-state index contributed by atoms with van der Waals surface area (Å²) in [5, 5.41) is 17.8. The van der Waals surface area contributed by atoms with Gasteiger partial charge in [-0.1, -0.05) is 47.6 Å². The van der Waals surface area contributed by atoms with Gasteiger partial charge in [-0.3, -0.25) is 14.4 Å². The minimum atomic E-state index is -1.22. The molecule has 12 heteroatoms. The third-order valence-electron chi connectivity index (χ3n) is 5.37. The molecule has 2 aliphatic heterocycles. The number of carbonyl (C=O) groups excluding carboxylic acids is 2. The highest BCUT2D eigenvalue weighted by Gasteiger charge is 2.56. The molecular weight excluding hydrogens is 466 g/mol. The van der Waals surface area contributed by atoms with Crippen molar-refractivity contribution >= 4 is 57.8 Å². The average Bonchev–Trinajstić information content (AvgIpc) is 3.25. The van der Waals surface area contributed by atoms with Crippen molar-refractivity contribution in [2.45, 2.75) is 11.4 Å². The van der Waals surface area contributed by atoms with E-state index in [-0.39, 0.29) is 40.1 Å². The predicted molar refractivity (Wildman–Crippen MR) is 126 cm³/mol. The first kappa shape index (κ1) is 22.8. The lowest BCUT2D eigenvalue weighted by molar-refractivity contribution is -0.155. The summed E-state index contributed by atoms with van der Waals surface area (Å²) in [6.07, 6.45) is 3.40. The molecule has 1 aromatic carbocycles. The van der Waals surface area contributed by atoms with Crippen LogP contribution in [0.2, 0.25) is 0 Å². The van der Waals surface area contributed by atoms with Gasteiger partial charge in [0.1, 0.15) is 29.6 Å². The Morgan fingerprint density at radius 1 is 1.39 bits per heavy atom. The molecule has 2 aliphatic rings. The van der Waals surface area contributed by atoms with Gasteiger partial charge >= 0.3 is 5.97 Å². The molecule has 3 heterocycles. The van der Waals surface area contributed by atoms with Gasteiger partial charge in [0.25, 0.3) is 5.91 Å². The quantitative estimate of drug-likeness (QED) is 0.300. The van der Waals surface area contributed by atoms with Crippen molar-refractivity contribution in [3.05, 3.63) is 53.0 Å². The number of carbonyl (C=O) groups is 3. The number of benzene rings is 1. The summed E-state index contributed by atoms with van der Waals surface area (Å²) in [5.41, 5.74) is 5.44. The molecule has 2 amide bonds. The molecule has 0 spiro atoms. The average molecular weight is 488 g/mol. The molecule has 172 valence electrons. The van der Waals surface area contributed by atoms with E-state index in [2.05, 4.69) is 15.5 Å². The first-order valence-corrected chi connectivity index (χ1v) is 11.8. The van der Waals surface area contributed by atoms with E-state index >= 15 is 0 Å². The topological polar surface area (TPSA) is 147 Å². The second-order valence-electron chi connectivity index (χ2n) is 7.52. The maximum atomic E-state index is 12.8. The van der Waals surface area contributed by atoms with Crippen molar-refractivity contribution < 1.29 is 24.3 Å². The van der Waals surface area contributed by atoms with Crippen LogP contribution >= 0.6 is 23.1 Å². The number of β-lactam (4-membered cyclic amide) rings is 1. The van der Waals surface area contributed by atoms with E-state index in [1.807, 2.05) is 30.3 Å². The Morgan fingerprint density at radius 3 is 2.79 bits per heavy atom. The first-order valence-electron chi connectivity index (χ1n) is 9.88. The highest BCUT2D eigenvalue weighted by atomic mass is 32.2. The number of anilines is 1. The van der Waals surface area contributed by atoms with Crippen LogP contribution in [0.25, 0.3) is 6.08 Å². The molecule has 0 saturated carbocycles. The van der Waals surface area contributed by atoms with E-state index in [4.69, 9.17) is 10.6 Å². The van der Waals surface area contributed by atoms with E-state index in [9.17, 15) is 19.5 Å². The zero-order valence-corrected chi connectivity index (χ0v) is 19.1. The summed E-state index contributed by atoms with van der Waals surface area (Å²) < 4.78 is 0. The molecule has 33 heavy (non-hydrogen) atoms. The van der Waals surface area contributed by atoms with Crippen LogP contribution in [0, 0.1) is 5.41 Å². The number of nitrogens with one attached hydrogen (secondary N) is 1. The van der Waals surface area contributed by atoms with Crippen LogP contribution < -0.4 is 11.1 Å². The Bertz CT molecular complexity index is 1140. The summed E-state index contributed by atoms with van der Waals surface area (Å²) in [6, 6.07) is 8.56. The van der Waals surface area contributed by atoms with Gasteiger partial charge < -0.3 is 25.9 Å². The largest absolute Gasteiger partial charge is 0.481 e. The van der Waals surface area contributed by atoms with Crippen LogP contribution in [0.1, 0.15) is 11.3 Å². The van der Waals surface area contributed by atoms with Crippen molar-refractivity contribution in [2.24, 2.45) is 10.6 Å². The van der Waals surface area contributed by atoms with Gasteiger partial charge in [0.15, 0.2) is 10.8 Å². The van der Waals surface area contributed by atoms with E-state index < -0.39 is 23.3 Å². The molecule has 2 saturated heterocycles. The number of hydrogen-bond acceptors (Lipinski definition) is 9. The van der Waals surface area contributed by atoms with Crippen LogP contribution in [0.5, 0.6) is 0 Å². The van der Waals surface area contributed by atoms with Crippen LogP contribution in [-0.4, -0.2) is 69.3 Å². The van der Waals surface area contributed by atoms with Crippen LogP contribution in [0.3, 0.4) is 0 Å². The number of thioether (sulfide) groups is 1. The molecular formula is C21H21N5O5S2. The Balaban J connectivity index is 1.46. The molecule has 2 fully saturated rings. The highest BCUT2D eigenvalue weighted by Crippen LogP contribution is 2.43. The number of oxime groups is 1. The lowest BCUT2D eigenvalue weighted by Crippen LogP contribution is -2.73. The fraction of sp³-hybridized carbons (Fsp3) is 0.286. The van der Waals surface area contributed by atoms with Crippen molar-refractivity contribution in [3.8, 4) is 0 Å². The van der Waals surface area contributed by atoms with Gasteiger partial charge in [0.2, 0.25) is 5.91 Å². The number of nitrogen functional groups attached to an aromatic ring is 1. The second kappa shape index (κ2) is 9.24. The third-order valence-corrected chi connectivity index (χ3v) is 7.60. The molecule has 10 nitrogen and oxygen atoms in total.